The van der Waals surface area contributed by atoms with Crippen LogP contribution in [0.4, 0.5) is 10.5 Å². The van der Waals surface area contributed by atoms with Crippen LogP contribution in [0, 0.1) is 12.3 Å². The van der Waals surface area contributed by atoms with Gasteiger partial charge in [0.25, 0.3) is 0 Å². The van der Waals surface area contributed by atoms with E-state index in [0.29, 0.717) is 25.7 Å². The fraction of sp³-hybridized carbons (Fsp3) is 0.488. The number of aliphatic hydroxyl groups excluding tert-OH is 1. The molecule has 8 N–H and O–H groups in total. The zero-order valence-corrected chi connectivity index (χ0v) is 35.0. The molecule has 1 aliphatic rings. The first kappa shape index (κ1) is 45.6. The molecule has 314 valence electrons. The van der Waals surface area contributed by atoms with Gasteiger partial charge in [0.15, 0.2) is 0 Å². The van der Waals surface area contributed by atoms with Crippen molar-refractivity contribution in [2.45, 2.75) is 116 Å². The Hall–Kier alpha value is -5.06. The van der Waals surface area contributed by atoms with Crippen molar-refractivity contribution < 1.29 is 39.0 Å². The third kappa shape index (κ3) is 12.7. The number of rotatable bonds is 18. The number of thiazole rings is 1. The van der Waals surface area contributed by atoms with Gasteiger partial charge in [-0.1, -0.05) is 75.2 Å². The lowest BCUT2D eigenvalue weighted by atomic mass is 9.85. The summed E-state index contributed by atoms with van der Waals surface area (Å²) in [5.74, 6) is -2.49. The molecule has 2 aromatic carbocycles. The first-order chi connectivity index (χ1) is 27.3. The summed E-state index contributed by atoms with van der Waals surface area (Å²) in [6, 6.07) is 9.53. The SMILES string of the molecule is Cc1ncsc1-c1ccc([C@H](C)NC(=O)[C@@H]2C[C@@H](O)CN2C(=O)[C@@H](NC(=O)CCCCCc2cccc(NC(=O)[C@H](CCC(N)=O)NC(=O)O)c2Cl)C(C)(C)C)cc1. The van der Waals surface area contributed by atoms with Gasteiger partial charge in [-0.2, -0.15) is 0 Å². The Morgan fingerprint density at radius 2 is 1.71 bits per heavy atom. The number of anilines is 1. The first-order valence-corrected chi connectivity index (χ1v) is 20.6. The Bertz CT molecular complexity index is 1950. The minimum Gasteiger partial charge on any atom is -0.465 e. The summed E-state index contributed by atoms with van der Waals surface area (Å²) < 4.78 is 0. The number of carbonyl (C=O) groups excluding carboxylic acids is 5. The number of hydrogen-bond acceptors (Lipinski definition) is 9. The van der Waals surface area contributed by atoms with Gasteiger partial charge in [0.2, 0.25) is 29.5 Å². The van der Waals surface area contributed by atoms with Crippen LogP contribution in [0.3, 0.4) is 0 Å². The van der Waals surface area contributed by atoms with Crippen LogP contribution in [-0.2, 0) is 30.4 Å². The maximum Gasteiger partial charge on any atom is 0.405 e. The van der Waals surface area contributed by atoms with E-state index < -0.39 is 53.5 Å². The number of nitrogens with one attached hydrogen (secondary N) is 4. The second-order valence-electron chi connectivity index (χ2n) is 15.7. The molecule has 4 rings (SSSR count). The van der Waals surface area contributed by atoms with Crippen LogP contribution in [0.1, 0.15) is 95.5 Å². The number of aryl methyl sites for hydroxylation is 2. The number of β-amino-alcohol motifs (C(OH)–C–C–N with tert-alkyl or cyclic N) is 1. The molecule has 0 spiro atoms. The number of benzene rings is 2. The first-order valence-electron chi connectivity index (χ1n) is 19.3. The van der Waals surface area contributed by atoms with Gasteiger partial charge in [0.05, 0.1) is 38.9 Å². The number of halogens is 1. The molecule has 0 radical (unpaired) electrons. The molecule has 0 unspecified atom stereocenters. The lowest BCUT2D eigenvalue weighted by Gasteiger charge is -2.35. The van der Waals surface area contributed by atoms with Gasteiger partial charge in [0, 0.05) is 25.8 Å². The molecule has 1 aromatic heterocycles. The van der Waals surface area contributed by atoms with Crippen LogP contribution in [0.15, 0.2) is 48.0 Å². The number of hydrogen-bond donors (Lipinski definition) is 7. The van der Waals surface area contributed by atoms with Crippen LogP contribution in [-0.4, -0.2) is 86.5 Å². The molecule has 17 heteroatoms. The third-order valence-corrected chi connectivity index (χ3v) is 11.5. The maximum atomic E-state index is 14.1. The van der Waals surface area contributed by atoms with Crippen molar-refractivity contribution >= 4 is 64.3 Å². The Balaban J connectivity index is 1.29. The number of aliphatic hydroxyl groups is 1. The number of primary amides is 1. The average molecular weight is 840 g/mol. The third-order valence-electron chi connectivity index (χ3n) is 10.0. The lowest BCUT2D eigenvalue weighted by Crippen LogP contribution is -2.57. The number of nitrogens with zero attached hydrogens (tertiary/aromatic N) is 2. The largest absolute Gasteiger partial charge is 0.465 e. The van der Waals surface area contributed by atoms with Crippen LogP contribution in [0.25, 0.3) is 10.4 Å². The summed E-state index contributed by atoms with van der Waals surface area (Å²) in [7, 11) is 0. The Morgan fingerprint density at radius 3 is 2.33 bits per heavy atom. The molecule has 0 bridgehead atoms. The van der Waals surface area contributed by atoms with E-state index in [0.717, 1.165) is 27.3 Å². The van der Waals surface area contributed by atoms with Gasteiger partial charge in [-0.3, -0.25) is 24.0 Å². The predicted octanol–water partition coefficient (Wildman–Crippen LogP) is 5.09. The van der Waals surface area contributed by atoms with Crippen LogP contribution in [0.2, 0.25) is 5.02 Å². The highest BCUT2D eigenvalue weighted by Gasteiger charge is 2.44. The maximum absolute atomic E-state index is 14.1. The summed E-state index contributed by atoms with van der Waals surface area (Å²) in [5.41, 5.74) is 10.2. The molecule has 1 aliphatic heterocycles. The quantitative estimate of drug-likeness (QED) is 0.0845. The van der Waals surface area contributed by atoms with Crippen molar-refractivity contribution in [1.82, 2.24) is 25.8 Å². The molecule has 5 atom stereocenters. The molecule has 6 amide bonds. The zero-order chi connectivity index (χ0) is 42.7. The van der Waals surface area contributed by atoms with Crippen LogP contribution < -0.4 is 27.0 Å². The Labute approximate surface area is 347 Å². The fourth-order valence-corrected chi connectivity index (χ4v) is 7.90. The van der Waals surface area contributed by atoms with E-state index >= 15 is 0 Å². The molecule has 0 saturated carbocycles. The van der Waals surface area contributed by atoms with E-state index in [9.17, 15) is 33.9 Å². The number of aromatic nitrogens is 1. The van der Waals surface area contributed by atoms with Crippen LogP contribution in [0.5, 0.6) is 0 Å². The second kappa shape index (κ2) is 20.6. The minimum atomic E-state index is -1.43. The molecular formula is C41H54ClN7O8S. The van der Waals surface area contributed by atoms with E-state index in [1.807, 2.05) is 58.9 Å². The highest BCUT2D eigenvalue weighted by atomic mass is 35.5. The highest BCUT2D eigenvalue weighted by molar-refractivity contribution is 7.13. The number of nitrogens with two attached hydrogens (primary N) is 1. The van der Waals surface area contributed by atoms with Crippen molar-refractivity contribution in [3.8, 4) is 10.4 Å². The molecule has 1 fully saturated rings. The van der Waals surface area contributed by atoms with E-state index in [4.69, 9.17) is 22.4 Å². The molecule has 2 heterocycles. The minimum absolute atomic E-state index is 0.0286. The van der Waals surface area contributed by atoms with Crippen molar-refractivity contribution in [3.05, 3.63) is 69.8 Å². The second-order valence-corrected chi connectivity index (χ2v) is 17.0. The normalized spacial score (nSPS) is 16.8. The van der Waals surface area contributed by atoms with Gasteiger partial charge >= 0.3 is 6.09 Å². The zero-order valence-electron chi connectivity index (χ0n) is 33.5. The molecule has 58 heavy (non-hydrogen) atoms. The molecule has 1 saturated heterocycles. The van der Waals surface area contributed by atoms with E-state index in [1.165, 1.54) is 4.90 Å². The van der Waals surface area contributed by atoms with E-state index in [-0.39, 0.29) is 60.8 Å². The van der Waals surface area contributed by atoms with E-state index in [2.05, 4.69) is 26.3 Å². The van der Waals surface area contributed by atoms with Crippen molar-refractivity contribution in [1.29, 1.82) is 0 Å². The predicted molar refractivity (Wildman–Crippen MR) is 222 cm³/mol. The standard InChI is InChI=1S/C41H54ClN7O8S/c1-23(25-14-16-27(17-15-25)35-24(2)44-22-58-35)45-38(54)31-20-28(50)21-49(31)39(55)36(41(3,4)5)48-33(52)13-8-6-7-10-26-11-9-12-29(34(26)42)46-37(53)30(47-40(56)57)18-19-32(43)51/h9,11-12,14-17,22-23,28,30-31,36,47,50H,6-8,10,13,18-21H2,1-5H3,(H2,43,51)(H,45,54)(H,46,53)(H,48,52)(H,56,57)/t23-,28+,30-,31-,36+/m0/s1. The topological polar surface area (TPSA) is 233 Å². The number of carboxylic acid groups (broad SMARTS) is 1. The Kier molecular flexibility index (Phi) is 16.2. The van der Waals surface area contributed by atoms with Crippen molar-refractivity contribution in [3.63, 3.8) is 0 Å². The van der Waals surface area contributed by atoms with Crippen molar-refractivity contribution in [2.24, 2.45) is 11.1 Å². The van der Waals surface area contributed by atoms with Gasteiger partial charge in [-0.15, -0.1) is 11.3 Å². The van der Waals surface area contributed by atoms with Gasteiger partial charge in [-0.25, -0.2) is 9.78 Å². The molecule has 15 nitrogen and oxygen atoms in total. The van der Waals surface area contributed by atoms with E-state index in [1.54, 1.807) is 35.0 Å². The number of amides is 6. The van der Waals surface area contributed by atoms with Gasteiger partial charge < -0.3 is 42.1 Å². The number of likely N-dealkylation sites (tertiary alicyclic amines) is 1. The number of carbonyl (C=O) groups is 6. The monoisotopic (exact) mass is 839 g/mol. The highest BCUT2D eigenvalue weighted by Crippen LogP contribution is 2.31. The summed E-state index contributed by atoms with van der Waals surface area (Å²) >= 11 is 8.15. The van der Waals surface area contributed by atoms with Crippen molar-refractivity contribution in [2.75, 3.05) is 11.9 Å². The van der Waals surface area contributed by atoms with Crippen LogP contribution >= 0.6 is 22.9 Å². The van der Waals surface area contributed by atoms with Gasteiger partial charge in [0.1, 0.15) is 18.1 Å². The summed E-state index contributed by atoms with van der Waals surface area (Å²) in [6.45, 7) is 9.30. The summed E-state index contributed by atoms with van der Waals surface area (Å²) in [6.07, 6.45) is -0.0356. The molecule has 0 aliphatic carbocycles. The van der Waals surface area contributed by atoms with Gasteiger partial charge in [-0.05, 0) is 67.7 Å². The fourth-order valence-electron chi connectivity index (χ4n) is 6.82. The smallest absolute Gasteiger partial charge is 0.405 e. The molecule has 3 aromatic rings. The summed E-state index contributed by atoms with van der Waals surface area (Å²) in [5, 5.41) is 30.6. The molecular weight excluding hydrogens is 786 g/mol. The Morgan fingerprint density at radius 1 is 1.00 bits per heavy atom. The number of unbranched alkanes of at least 4 members (excludes halogenated alkanes) is 2. The average Bonchev–Trinajstić information content (AvgIpc) is 3.77. The summed E-state index contributed by atoms with van der Waals surface area (Å²) in [4.78, 5) is 82.8. The lowest BCUT2D eigenvalue weighted by molar-refractivity contribution is -0.144.